The zero-order chi connectivity index (χ0) is 38.3. The summed E-state index contributed by atoms with van der Waals surface area (Å²) in [5.41, 5.74) is 15.3. The van der Waals surface area contributed by atoms with Crippen LogP contribution in [0.25, 0.3) is 78.3 Å². The molecule has 2 aliphatic rings. The van der Waals surface area contributed by atoms with E-state index in [4.69, 9.17) is 15.0 Å². The molecule has 0 saturated carbocycles. The van der Waals surface area contributed by atoms with E-state index in [-0.39, 0.29) is 0 Å². The van der Waals surface area contributed by atoms with E-state index in [0.29, 0.717) is 17.5 Å². The summed E-state index contributed by atoms with van der Waals surface area (Å²) in [7, 11) is -1.46. The molecule has 8 aromatic carbocycles. The van der Waals surface area contributed by atoms with Crippen molar-refractivity contribution >= 4 is 24.0 Å². The van der Waals surface area contributed by atoms with Gasteiger partial charge in [-0.3, -0.25) is 0 Å². The Hall–Kier alpha value is -6.75. The molecule has 270 valence electrons. The van der Waals surface area contributed by atoms with Gasteiger partial charge in [0.2, 0.25) is 0 Å². The lowest BCUT2D eigenvalue weighted by Crippen LogP contribution is -2.37. The maximum absolute atomic E-state index is 5.13. The topological polar surface area (TPSA) is 38.7 Å². The van der Waals surface area contributed by atoms with E-state index >= 15 is 0 Å². The zero-order valence-electron chi connectivity index (χ0n) is 32.2. The smallest absolute Gasteiger partial charge is 0.164 e. The summed E-state index contributed by atoms with van der Waals surface area (Å²) >= 11 is 0. The molecule has 0 bridgehead atoms. The van der Waals surface area contributed by atoms with E-state index in [1.165, 1.54) is 60.5 Å². The molecule has 0 N–H and O–H groups in total. The van der Waals surface area contributed by atoms with Gasteiger partial charge in [-0.15, -0.1) is 0 Å². The van der Waals surface area contributed by atoms with Gasteiger partial charge in [0.15, 0.2) is 17.5 Å². The highest BCUT2D eigenvalue weighted by atomic mass is 28.3. The van der Waals surface area contributed by atoms with Crippen LogP contribution in [0, 0.1) is 0 Å². The average Bonchev–Trinajstić information content (AvgIpc) is 3.72. The van der Waals surface area contributed by atoms with E-state index in [1.54, 1.807) is 0 Å². The lowest BCUT2D eigenvalue weighted by Gasteiger charge is -2.31. The van der Waals surface area contributed by atoms with Crippen LogP contribution in [0.5, 0.6) is 0 Å². The van der Waals surface area contributed by atoms with Crippen LogP contribution in [0.1, 0.15) is 22.3 Å². The van der Waals surface area contributed by atoms with Gasteiger partial charge in [0.25, 0.3) is 0 Å². The van der Waals surface area contributed by atoms with Crippen molar-refractivity contribution in [2.24, 2.45) is 0 Å². The van der Waals surface area contributed by atoms with Crippen LogP contribution in [0.4, 0.5) is 0 Å². The first-order valence-corrected chi connectivity index (χ1v) is 23.3. The number of nitrogens with zero attached hydrogens (tertiary/aromatic N) is 3. The van der Waals surface area contributed by atoms with E-state index in [0.717, 1.165) is 27.8 Å². The van der Waals surface area contributed by atoms with Gasteiger partial charge >= 0.3 is 0 Å². The predicted molar refractivity (Wildman–Crippen MR) is 238 cm³/mol. The van der Waals surface area contributed by atoms with Gasteiger partial charge in [0.05, 0.1) is 13.5 Å². The van der Waals surface area contributed by atoms with Crippen molar-refractivity contribution in [2.45, 2.75) is 25.1 Å². The molecule has 57 heavy (non-hydrogen) atoms. The molecule has 9 aromatic rings. The molecule has 0 atom stereocenters. The third kappa shape index (κ3) is 5.21. The van der Waals surface area contributed by atoms with Crippen LogP contribution in [0.3, 0.4) is 0 Å². The molecular formula is C53H39N3Si. The predicted octanol–water partition coefficient (Wildman–Crippen LogP) is 12.6. The van der Waals surface area contributed by atoms with Crippen molar-refractivity contribution in [3.8, 4) is 67.5 Å². The zero-order valence-corrected chi connectivity index (χ0v) is 33.2. The van der Waals surface area contributed by atoms with Gasteiger partial charge in [0.1, 0.15) is 0 Å². The van der Waals surface area contributed by atoms with Crippen molar-refractivity contribution in [3.05, 3.63) is 204 Å². The minimum atomic E-state index is -1.46. The minimum absolute atomic E-state index is 0.436. The van der Waals surface area contributed by atoms with Crippen LogP contribution in [-0.4, -0.2) is 23.0 Å². The summed E-state index contributed by atoms with van der Waals surface area (Å²) < 4.78 is 0. The van der Waals surface area contributed by atoms with Crippen molar-refractivity contribution in [1.82, 2.24) is 15.0 Å². The second-order valence-electron chi connectivity index (χ2n) is 16.4. The van der Waals surface area contributed by atoms with E-state index < -0.39 is 13.5 Å². The van der Waals surface area contributed by atoms with Gasteiger partial charge < -0.3 is 0 Å². The molecule has 0 amide bonds. The largest absolute Gasteiger partial charge is 0.208 e. The summed E-state index contributed by atoms with van der Waals surface area (Å²) in [6, 6.07) is 66.5. The monoisotopic (exact) mass is 745 g/mol. The summed E-state index contributed by atoms with van der Waals surface area (Å²) in [5, 5.41) is 3.93. The Morgan fingerprint density at radius 2 is 0.807 bits per heavy atom. The second-order valence-corrected chi connectivity index (χ2v) is 21.5. The summed E-state index contributed by atoms with van der Waals surface area (Å²) in [5.74, 6) is 2.00. The van der Waals surface area contributed by atoms with E-state index in [2.05, 4.69) is 183 Å². The molecule has 0 unspecified atom stereocenters. The highest BCUT2D eigenvalue weighted by Crippen LogP contribution is 2.63. The Labute approximate surface area is 334 Å². The maximum atomic E-state index is 5.13. The van der Waals surface area contributed by atoms with Crippen LogP contribution < -0.4 is 5.19 Å². The average molecular weight is 746 g/mol. The molecular weight excluding hydrogens is 707 g/mol. The highest BCUT2D eigenvalue weighted by molar-refractivity contribution is 6.88. The van der Waals surface area contributed by atoms with Crippen LogP contribution in [0.15, 0.2) is 182 Å². The fourth-order valence-electron chi connectivity index (χ4n) is 9.31. The van der Waals surface area contributed by atoms with Gasteiger partial charge in [0, 0.05) is 16.7 Å². The molecule has 11 rings (SSSR count). The van der Waals surface area contributed by atoms with Gasteiger partial charge in [-0.1, -0.05) is 183 Å². The van der Waals surface area contributed by atoms with Gasteiger partial charge in [-0.2, -0.15) is 0 Å². The standard InChI is InChI=1S/C53H39N3Si/c1-57(2,3)41-27-24-35(25-28-41)51-54-50(34-14-5-4-6-15-34)55-52(56-51)40-19-13-18-36(30-40)39-26-29-44-45-31-37-16-7-8-17-38(37)32-49(45)53(48(44)33-39)46-22-11-9-20-42(46)43-21-10-12-23-47(43)53/h4-33H,1-3H3. The molecule has 1 aromatic heterocycles. The Balaban J connectivity index is 1.09. The molecule has 2 aliphatic carbocycles. The molecule has 4 heteroatoms. The number of hydrogen-bond acceptors (Lipinski definition) is 3. The Morgan fingerprint density at radius 3 is 1.47 bits per heavy atom. The Morgan fingerprint density at radius 1 is 0.333 bits per heavy atom. The molecule has 1 spiro atoms. The van der Waals surface area contributed by atoms with Gasteiger partial charge in [-0.05, 0) is 90.7 Å². The minimum Gasteiger partial charge on any atom is -0.208 e. The number of benzene rings is 8. The number of rotatable bonds is 5. The number of aromatic nitrogens is 3. The van der Waals surface area contributed by atoms with Crippen LogP contribution in [-0.2, 0) is 5.41 Å². The van der Waals surface area contributed by atoms with Crippen molar-refractivity contribution < 1.29 is 0 Å². The van der Waals surface area contributed by atoms with Crippen molar-refractivity contribution in [3.63, 3.8) is 0 Å². The maximum Gasteiger partial charge on any atom is 0.164 e. The normalized spacial score (nSPS) is 13.3. The molecule has 0 saturated heterocycles. The molecule has 3 nitrogen and oxygen atoms in total. The second kappa shape index (κ2) is 12.6. The van der Waals surface area contributed by atoms with E-state index in [9.17, 15) is 0 Å². The summed E-state index contributed by atoms with van der Waals surface area (Å²) in [6.07, 6.45) is 0. The first kappa shape index (κ1) is 33.6. The Bertz CT molecular complexity index is 3010. The Kier molecular flexibility index (Phi) is 7.44. The molecule has 0 radical (unpaired) electrons. The first-order valence-electron chi connectivity index (χ1n) is 19.8. The lowest BCUT2D eigenvalue weighted by atomic mass is 9.70. The summed E-state index contributed by atoms with van der Waals surface area (Å²) in [4.78, 5) is 15.2. The molecule has 0 aliphatic heterocycles. The lowest BCUT2D eigenvalue weighted by molar-refractivity contribution is 0.795. The molecule has 0 fully saturated rings. The SMILES string of the molecule is C[Si](C)(C)c1ccc(-c2nc(-c3ccccc3)nc(-c3cccc(-c4ccc5c(c4)C4(c6ccccc6-c6ccccc64)c4cc6ccccc6cc4-5)c3)n2)cc1. The fourth-order valence-corrected chi connectivity index (χ4v) is 10.5. The number of hydrogen-bond donors (Lipinski definition) is 0. The van der Waals surface area contributed by atoms with Crippen LogP contribution >= 0.6 is 0 Å². The summed E-state index contributed by atoms with van der Waals surface area (Å²) in [6.45, 7) is 7.11. The van der Waals surface area contributed by atoms with Crippen molar-refractivity contribution in [2.75, 3.05) is 0 Å². The molecule has 1 heterocycles. The third-order valence-corrected chi connectivity index (χ3v) is 14.2. The number of fused-ring (bicyclic) bond motifs is 11. The highest BCUT2D eigenvalue weighted by Gasteiger charge is 2.51. The fraction of sp³-hybridized carbons (Fsp3) is 0.0755. The third-order valence-electron chi connectivity index (χ3n) is 12.1. The van der Waals surface area contributed by atoms with Crippen LogP contribution in [0.2, 0.25) is 19.6 Å². The quantitative estimate of drug-likeness (QED) is 0.165. The van der Waals surface area contributed by atoms with Gasteiger partial charge in [-0.25, -0.2) is 15.0 Å². The van der Waals surface area contributed by atoms with E-state index in [1.807, 2.05) is 18.2 Å². The first-order chi connectivity index (χ1) is 27.9. The van der Waals surface area contributed by atoms with Crippen molar-refractivity contribution in [1.29, 1.82) is 0 Å².